The Bertz CT molecular complexity index is 729. The van der Waals surface area contributed by atoms with Crippen molar-refractivity contribution >= 4 is 0 Å². The summed E-state index contributed by atoms with van der Waals surface area (Å²) >= 11 is 0. The molecule has 0 aliphatic heterocycles. The number of hydrogen-bond acceptors (Lipinski definition) is 0. The molecule has 0 amide bonds. The molecule has 9 rings (SSSR count). The largest absolute Gasteiger partial charge is 0.0564 e. The second-order valence-electron chi connectivity index (χ2n) is 13.1. The van der Waals surface area contributed by atoms with Gasteiger partial charge in [0.05, 0.1) is 0 Å². The van der Waals surface area contributed by atoms with Crippen LogP contribution in [0.5, 0.6) is 0 Å². The highest BCUT2D eigenvalue weighted by Gasteiger charge is 2.56. The highest BCUT2D eigenvalue weighted by molar-refractivity contribution is 5.57. The quantitative estimate of drug-likeness (QED) is 0.428. The Kier molecular flexibility index (Phi) is 3.11. The molecule has 4 unspecified atom stereocenters. The lowest BCUT2D eigenvalue weighted by Crippen LogP contribution is -2.31. The average Bonchev–Trinajstić information content (AvgIpc) is 2.77. The summed E-state index contributed by atoms with van der Waals surface area (Å²) in [6, 6.07) is 0. The molecule has 0 aromatic carbocycles. The van der Waals surface area contributed by atoms with Crippen molar-refractivity contribution in [3.05, 3.63) is 22.3 Å². The molecule has 9 aliphatic rings. The van der Waals surface area contributed by atoms with Gasteiger partial charge in [0, 0.05) is 5.92 Å². The van der Waals surface area contributed by atoms with Crippen molar-refractivity contribution < 1.29 is 0 Å². The molecule has 0 saturated heterocycles. The van der Waals surface area contributed by atoms with E-state index in [1.165, 1.54) is 0 Å². The lowest BCUT2D eigenvalue weighted by molar-refractivity contribution is 0.126. The Morgan fingerprint density at radius 2 is 1.04 bits per heavy atom. The Balaban J connectivity index is 1.49. The third kappa shape index (κ3) is 2.12. The van der Waals surface area contributed by atoms with E-state index in [1.807, 2.05) is 16.7 Å². The smallest absolute Gasteiger partial charge is 0.00555 e. The van der Waals surface area contributed by atoms with Crippen molar-refractivity contribution in [3.8, 4) is 0 Å². The summed E-state index contributed by atoms with van der Waals surface area (Å²) < 4.78 is 0. The predicted octanol–water partition coefficient (Wildman–Crippen LogP) is 7.17. The van der Waals surface area contributed by atoms with E-state index in [2.05, 4.69) is 26.3 Å². The van der Waals surface area contributed by atoms with Gasteiger partial charge in [-0.25, -0.2) is 0 Å². The minimum Gasteiger partial charge on any atom is -0.0564 e. The van der Waals surface area contributed by atoms with Gasteiger partial charge in [-0.15, -0.1) is 0 Å². The van der Waals surface area contributed by atoms with Gasteiger partial charge in [0.1, 0.15) is 0 Å². The van der Waals surface area contributed by atoms with E-state index < -0.39 is 0 Å². The van der Waals surface area contributed by atoms with Gasteiger partial charge < -0.3 is 0 Å². The zero-order valence-electron chi connectivity index (χ0n) is 17.8. The normalized spacial score (nSPS) is 52.3. The summed E-state index contributed by atoms with van der Waals surface area (Å²) in [6.07, 6.45) is 15.6. The summed E-state index contributed by atoms with van der Waals surface area (Å²) in [5.41, 5.74) is 8.49. The fourth-order valence-corrected chi connectivity index (χ4v) is 10.3. The highest BCUT2D eigenvalue weighted by Crippen LogP contribution is 2.68. The van der Waals surface area contributed by atoms with Gasteiger partial charge in [-0.3, -0.25) is 0 Å². The van der Waals surface area contributed by atoms with Crippen LogP contribution in [0.4, 0.5) is 0 Å². The lowest BCUT2D eigenvalue weighted by atomic mass is 9.63. The molecular formula is C27H38. The van der Waals surface area contributed by atoms with Crippen molar-refractivity contribution in [1.29, 1.82) is 0 Å². The molecule has 0 nitrogen and oxygen atoms in total. The standard InChI is InChI=1S/C27H38/c1-27(2,3)26-24-20-10-14-4-15(11-20)7-18(6-14)22(24)23-19-8-16-5-17(9-19)13-21(12-16)25(23)26/h14-21,24H,4-13H2,1-3H3/t14-,15+,16-,17+,18?,19?,20?,21?,24-/m0/s1. The van der Waals surface area contributed by atoms with Gasteiger partial charge in [-0.1, -0.05) is 31.9 Å². The Morgan fingerprint density at radius 3 is 1.59 bits per heavy atom. The fraction of sp³-hybridized carbons (Fsp3) is 0.852. The van der Waals surface area contributed by atoms with E-state index in [0.717, 1.165) is 53.3 Å². The maximum absolute atomic E-state index is 2.57. The summed E-state index contributed by atoms with van der Waals surface area (Å²) in [5, 5.41) is 0. The molecule has 0 aromatic rings. The molecular weight excluding hydrogens is 324 g/mol. The van der Waals surface area contributed by atoms with Crippen LogP contribution in [-0.4, -0.2) is 0 Å². The van der Waals surface area contributed by atoms with Crippen molar-refractivity contribution in [2.24, 2.45) is 58.7 Å². The maximum atomic E-state index is 2.57. The van der Waals surface area contributed by atoms with Gasteiger partial charge in [-0.2, -0.15) is 0 Å². The van der Waals surface area contributed by atoms with Crippen molar-refractivity contribution in [2.75, 3.05) is 0 Å². The number of rotatable bonds is 0. The fourth-order valence-electron chi connectivity index (χ4n) is 10.3. The van der Waals surface area contributed by atoms with Crippen molar-refractivity contribution in [2.45, 2.75) is 85.0 Å². The van der Waals surface area contributed by atoms with Crippen LogP contribution < -0.4 is 0 Å². The van der Waals surface area contributed by atoms with E-state index in [4.69, 9.17) is 0 Å². The monoisotopic (exact) mass is 362 g/mol. The first kappa shape index (κ1) is 16.3. The van der Waals surface area contributed by atoms with Crippen molar-refractivity contribution in [1.82, 2.24) is 0 Å². The zero-order valence-corrected chi connectivity index (χ0v) is 17.8. The van der Waals surface area contributed by atoms with E-state index in [9.17, 15) is 0 Å². The van der Waals surface area contributed by atoms with Crippen LogP contribution in [-0.2, 0) is 0 Å². The zero-order chi connectivity index (χ0) is 18.1. The Morgan fingerprint density at radius 1 is 0.556 bits per heavy atom. The van der Waals surface area contributed by atoms with Crippen LogP contribution in [0.15, 0.2) is 22.3 Å². The van der Waals surface area contributed by atoms with Gasteiger partial charge in [-0.05, 0) is 128 Å². The van der Waals surface area contributed by atoms with Gasteiger partial charge >= 0.3 is 0 Å². The second kappa shape index (κ2) is 5.14. The van der Waals surface area contributed by atoms with Crippen LogP contribution in [0.1, 0.15) is 85.0 Å². The van der Waals surface area contributed by atoms with Gasteiger partial charge in [0.25, 0.3) is 0 Å². The first-order chi connectivity index (χ1) is 13.0. The van der Waals surface area contributed by atoms with Gasteiger partial charge in [0.2, 0.25) is 0 Å². The summed E-state index contributed by atoms with van der Waals surface area (Å²) in [6.45, 7) is 7.71. The molecule has 0 heterocycles. The summed E-state index contributed by atoms with van der Waals surface area (Å²) in [4.78, 5) is 0. The Hall–Kier alpha value is -0.520. The Labute approximate surface area is 166 Å². The molecule has 8 saturated carbocycles. The summed E-state index contributed by atoms with van der Waals surface area (Å²) in [5.74, 6) is 9.06. The van der Waals surface area contributed by atoms with E-state index >= 15 is 0 Å². The molecule has 9 atom stereocenters. The van der Waals surface area contributed by atoms with E-state index in [1.54, 1.807) is 64.2 Å². The van der Waals surface area contributed by atoms with Crippen LogP contribution in [0.3, 0.4) is 0 Å². The minimum absolute atomic E-state index is 0.371. The molecule has 0 radical (unpaired) electrons. The number of hydrogen-bond donors (Lipinski definition) is 0. The van der Waals surface area contributed by atoms with Crippen molar-refractivity contribution in [3.63, 3.8) is 0 Å². The third-order valence-electron chi connectivity index (χ3n) is 10.4. The van der Waals surface area contributed by atoms with Crippen LogP contribution in [0.25, 0.3) is 0 Å². The SMILES string of the molecule is CC(C)(C)C1=C2C(=C3C4C[C@@H]5CC(C[C@H](C4)C5)[C@@H]31)C1C[C@@H]3CC2C[C@H](C1)C3. The molecule has 146 valence electrons. The minimum atomic E-state index is 0.371. The highest BCUT2D eigenvalue weighted by atomic mass is 14.6. The number of allylic oxidation sites excluding steroid dienone is 4. The molecule has 0 N–H and O–H groups in total. The molecule has 0 heteroatoms. The molecule has 8 bridgehead atoms. The van der Waals surface area contributed by atoms with E-state index in [-0.39, 0.29) is 0 Å². The van der Waals surface area contributed by atoms with Crippen LogP contribution >= 0.6 is 0 Å². The van der Waals surface area contributed by atoms with E-state index in [0.29, 0.717) is 5.41 Å². The van der Waals surface area contributed by atoms with Crippen LogP contribution in [0.2, 0.25) is 0 Å². The first-order valence-electron chi connectivity index (χ1n) is 12.4. The molecule has 27 heavy (non-hydrogen) atoms. The molecule has 0 spiro atoms. The third-order valence-corrected chi connectivity index (χ3v) is 10.4. The maximum Gasteiger partial charge on any atom is 0.00555 e. The predicted molar refractivity (Wildman–Crippen MR) is 111 cm³/mol. The van der Waals surface area contributed by atoms with Crippen LogP contribution in [0, 0.1) is 58.7 Å². The van der Waals surface area contributed by atoms with Gasteiger partial charge in [0.15, 0.2) is 0 Å². The first-order valence-corrected chi connectivity index (χ1v) is 12.4. The average molecular weight is 363 g/mol. The molecule has 9 aliphatic carbocycles. The second-order valence-corrected chi connectivity index (χ2v) is 13.1. The molecule has 0 aromatic heterocycles. The topological polar surface area (TPSA) is 0 Å². The summed E-state index contributed by atoms with van der Waals surface area (Å²) in [7, 11) is 0. The molecule has 8 fully saturated rings. The lowest BCUT2D eigenvalue weighted by Gasteiger charge is -2.41.